The second kappa shape index (κ2) is 11.5. The molecule has 2 fully saturated rings. The number of ether oxygens (including phenoxy) is 1. The summed E-state index contributed by atoms with van der Waals surface area (Å²) in [6, 6.07) is 12.2. The molecule has 4 unspecified atom stereocenters. The van der Waals surface area contributed by atoms with Crippen molar-refractivity contribution in [3.8, 4) is 0 Å². The molecule has 2 aliphatic rings. The maximum absolute atomic E-state index is 14.3. The van der Waals surface area contributed by atoms with Crippen molar-refractivity contribution in [2.45, 2.75) is 32.6 Å². The number of halogens is 2. The largest absolute Gasteiger partial charge is 0.450 e. The molecular weight excluding hydrogens is 478 g/mol. The number of amides is 1. The van der Waals surface area contributed by atoms with Crippen LogP contribution in [0.5, 0.6) is 0 Å². The molecule has 1 aliphatic carbocycles. The molecule has 6 nitrogen and oxygen atoms in total. The topological polar surface area (TPSA) is 66.9 Å². The molecule has 1 heterocycles. The van der Waals surface area contributed by atoms with Gasteiger partial charge in [-0.1, -0.05) is 38.1 Å². The van der Waals surface area contributed by atoms with Crippen molar-refractivity contribution in [2.24, 2.45) is 17.8 Å². The molecule has 0 aromatic heterocycles. The molecule has 0 radical (unpaired) electrons. The van der Waals surface area contributed by atoms with Gasteiger partial charge in [0.05, 0.1) is 13.2 Å². The quantitative estimate of drug-likeness (QED) is 0.564. The maximum Gasteiger partial charge on any atom is 0.409 e. The van der Waals surface area contributed by atoms with Crippen molar-refractivity contribution >= 4 is 17.7 Å². The van der Waals surface area contributed by atoms with E-state index in [2.05, 4.69) is 0 Å². The van der Waals surface area contributed by atoms with Crippen LogP contribution in [0.3, 0.4) is 0 Å². The van der Waals surface area contributed by atoms with Crippen molar-refractivity contribution in [3.05, 3.63) is 71.3 Å². The number of Topliss-reactive ketones (excluding diaryl/α,β-unsaturated/α-hetero) is 2. The lowest BCUT2D eigenvalue weighted by atomic mass is 9.57. The average molecular weight is 513 g/mol. The molecule has 198 valence electrons. The van der Waals surface area contributed by atoms with Gasteiger partial charge in [-0.25, -0.2) is 13.6 Å². The number of ketones is 2. The van der Waals surface area contributed by atoms with E-state index in [-0.39, 0.29) is 24.2 Å². The lowest BCUT2D eigenvalue weighted by Gasteiger charge is -2.45. The normalized spacial score (nSPS) is 26.7. The summed E-state index contributed by atoms with van der Waals surface area (Å²) in [4.78, 5) is 43.2. The van der Waals surface area contributed by atoms with Gasteiger partial charge in [0.15, 0.2) is 5.78 Å². The molecule has 4 rings (SSSR count). The zero-order chi connectivity index (χ0) is 26.7. The predicted octanol–water partition coefficient (Wildman–Crippen LogP) is 4.65. The smallest absolute Gasteiger partial charge is 0.409 e. The molecule has 2 aromatic rings. The van der Waals surface area contributed by atoms with E-state index in [4.69, 9.17) is 4.74 Å². The second-order valence-corrected chi connectivity index (χ2v) is 10.1. The van der Waals surface area contributed by atoms with Gasteiger partial charge in [0.2, 0.25) is 0 Å². The van der Waals surface area contributed by atoms with Gasteiger partial charge in [-0.15, -0.1) is 0 Å². The summed E-state index contributed by atoms with van der Waals surface area (Å²) in [7, 11) is 0. The third-order valence-corrected chi connectivity index (χ3v) is 7.87. The Morgan fingerprint density at radius 3 is 1.86 bits per heavy atom. The van der Waals surface area contributed by atoms with Gasteiger partial charge in [-0.3, -0.25) is 14.5 Å². The minimum atomic E-state index is -0.644. The summed E-state index contributed by atoms with van der Waals surface area (Å²) in [6.45, 7) is 7.71. The van der Waals surface area contributed by atoms with Crippen LogP contribution in [0.2, 0.25) is 0 Å². The van der Waals surface area contributed by atoms with Crippen LogP contribution in [0.4, 0.5) is 13.6 Å². The van der Waals surface area contributed by atoms with Gasteiger partial charge in [0, 0.05) is 55.8 Å². The highest BCUT2D eigenvalue weighted by molar-refractivity contribution is 5.92. The molecule has 2 aromatic carbocycles. The number of hydrogen-bond donors (Lipinski definition) is 0. The Hall–Kier alpha value is -3.13. The first-order valence-corrected chi connectivity index (χ1v) is 12.9. The van der Waals surface area contributed by atoms with Crippen molar-refractivity contribution in [2.75, 3.05) is 39.3 Å². The van der Waals surface area contributed by atoms with Crippen LogP contribution in [-0.4, -0.2) is 66.8 Å². The van der Waals surface area contributed by atoms with Crippen molar-refractivity contribution in [1.29, 1.82) is 0 Å². The SMILES string of the molecule is CCOC(=O)N1CCN(CC(=O)C2C(c3cccc(F)c3)C(C)C(=O)C(C)C2c2cccc(F)c2)CC1. The monoisotopic (exact) mass is 512 g/mol. The number of piperazine rings is 1. The van der Waals surface area contributed by atoms with E-state index < -0.39 is 41.2 Å². The van der Waals surface area contributed by atoms with Crippen LogP contribution in [0.25, 0.3) is 0 Å². The standard InChI is InChI=1S/C29H34F2N2O4/c1-4-37-29(36)33-13-11-32(12-14-33)17-24(34)27-25(20-7-5-9-22(30)15-20)18(2)28(35)19(3)26(27)21-8-6-10-23(31)16-21/h5-10,15-16,18-19,25-27H,4,11-14,17H2,1-3H3. The fourth-order valence-corrected chi connectivity index (χ4v) is 6.06. The Kier molecular flexibility index (Phi) is 8.37. The molecule has 8 heteroatoms. The van der Waals surface area contributed by atoms with Gasteiger partial charge in [0.1, 0.15) is 17.4 Å². The summed E-state index contributed by atoms with van der Waals surface area (Å²) in [6.07, 6.45) is -0.362. The van der Waals surface area contributed by atoms with Crippen LogP contribution >= 0.6 is 0 Å². The number of carbonyl (C=O) groups is 3. The molecular formula is C29H34F2N2O4. The maximum atomic E-state index is 14.3. The summed E-state index contributed by atoms with van der Waals surface area (Å²) in [5.74, 6) is -3.68. The van der Waals surface area contributed by atoms with Crippen LogP contribution in [-0.2, 0) is 14.3 Å². The summed E-state index contributed by atoms with van der Waals surface area (Å²) >= 11 is 0. The lowest BCUT2D eigenvalue weighted by molar-refractivity contribution is -0.137. The number of rotatable bonds is 6. The number of nitrogens with zero attached hydrogens (tertiary/aromatic N) is 2. The molecule has 1 aliphatic heterocycles. The Morgan fingerprint density at radius 2 is 1.41 bits per heavy atom. The third-order valence-electron chi connectivity index (χ3n) is 7.87. The zero-order valence-electron chi connectivity index (χ0n) is 21.5. The third kappa shape index (κ3) is 5.74. The highest BCUT2D eigenvalue weighted by atomic mass is 19.1. The van der Waals surface area contributed by atoms with E-state index in [9.17, 15) is 23.2 Å². The van der Waals surface area contributed by atoms with Crippen LogP contribution < -0.4 is 0 Å². The van der Waals surface area contributed by atoms with Gasteiger partial charge in [-0.05, 0) is 42.3 Å². The molecule has 37 heavy (non-hydrogen) atoms. The first-order chi connectivity index (χ1) is 17.7. The second-order valence-electron chi connectivity index (χ2n) is 10.1. The zero-order valence-corrected chi connectivity index (χ0v) is 21.5. The average Bonchev–Trinajstić information content (AvgIpc) is 2.87. The van der Waals surface area contributed by atoms with E-state index in [1.54, 1.807) is 49.9 Å². The summed E-state index contributed by atoms with van der Waals surface area (Å²) in [5.41, 5.74) is 1.19. The van der Waals surface area contributed by atoms with Crippen LogP contribution in [0.1, 0.15) is 43.7 Å². The minimum Gasteiger partial charge on any atom is -0.450 e. The van der Waals surface area contributed by atoms with Crippen LogP contribution in [0, 0.1) is 29.4 Å². The van der Waals surface area contributed by atoms with Gasteiger partial charge >= 0.3 is 6.09 Å². The number of carbonyl (C=O) groups excluding carboxylic acids is 3. The van der Waals surface area contributed by atoms with E-state index in [0.29, 0.717) is 43.9 Å². The van der Waals surface area contributed by atoms with Gasteiger partial charge < -0.3 is 9.64 Å². The van der Waals surface area contributed by atoms with E-state index in [1.165, 1.54) is 24.3 Å². The fourth-order valence-electron chi connectivity index (χ4n) is 6.06. The summed E-state index contributed by atoms with van der Waals surface area (Å²) in [5, 5.41) is 0. The van der Waals surface area contributed by atoms with Crippen molar-refractivity contribution in [1.82, 2.24) is 9.80 Å². The molecule has 0 N–H and O–H groups in total. The van der Waals surface area contributed by atoms with E-state index in [0.717, 1.165) is 0 Å². The Bertz CT molecular complexity index is 1090. The summed E-state index contributed by atoms with van der Waals surface area (Å²) < 4.78 is 33.6. The van der Waals surface area contributed by atoms with Gasteiger partial charge in [0.25, 0.3) is 0 Å². The minimum absolute atomic E-state index is 0.0179. The first-order valence-electron chi connectivity index (χ1n) is 12.9. The van der Waals surface area contributed by atoms with E-state index in [1.807, 2.05) is 4.90 Å². The highest BCUT2D eigenvalue weighted by Crippen LogP contribution is 2.50. The molecule has 1 saturated carbocycles. The van der Waals surface area contributed by atoms with Crippen LogP contribution in [0.15, 0.2) is 48.5 Å². The molecule has 1 amide bonds. The molecule has 4 atom stereocenters. The Balaban J connectivity index is 1.66. The Morgan fingerprint density at radius 1 is 0.892 bits per heavy atom. The predicted molar refractivity (Wildman–Crippen MR) is 135 cm³/mol. The fraction of sp³-hybridized carbons (Fsp3) is 0.483. The molecule has 0 bridgehead atoms. The van der Waals surface area contributed by atoms with Gasteiger partial charge in [-0.2, -0.15) is 0 Å². The van der Waals surface area contributed by atoms with Crippen molar-refractivity contribution < 1.29 is 27.9 Å². The molecule has 1 saturated heterocycles. The first kappa shape index (κ1) is 26.9. The van der Waals surface area contributed by atoms with E-state index >= 15 is 0 Å². The lowest BCUT2D eigenvalue weighted by Crippen LogP contribution is -2.52. The highest BCUT2D eigenvalue weighted by Gasteiger charge is 2.50. The van der Waals surface area contributed by atoms with Crippen molar-refractivity contribution in [3.63, 3.8) is 0 Å². The Labute approximate surface area is 216 Å². The molecule has 0 spiro atoms. The number of hydrogen-bond acceptors (Lipinski definition) is 5. The number of benzene rings is 2.